The fraction of sp³-hybridized carbons (Fsp3) is 0.412. The van der Waals surface area contributed by atoms with E-state index in [2.05, 4.69) is 32.3 Å². The maximum Gasteiger partial charge on any atom is 0.234 e. The van der Waals surface area contributed by atoms with Crippen LogP contribution in [-0.4, -0.2) is 47.4 Å². The van der Waals surface area contributed by atoms with Gasteiger partial charge in [0.05, 0.1) is 19.0 Å². The van der Waals surface area contributed by atoms with E-state index in [1.807, 2.05) is 18.2 Å². The highest BCUT2D eigenvalue weighted by atomic mass is 16.5. The molecule has 6 heteroatoms. The lowest BCUT2D eigenvalue weighted by Gasteiger charge is -2.34. The van der Waals surface area contributed by atoms with Crippen LogP contribution >= 0.6 is 0 Å². The van der Waals surface area contributed by atoms with Gasteiger partial charge in [-0.25, -0.2) is 0 Å². The van der Waals surface area contributed by atoms with Crippen LogP contribution in [0.25, 0.3) is 0 Å². The number of aliphatic hydroxyl groups is 1. The second kappa shape index (κ2) is 7.78. The van der Waals surface area contributed by atoms with Gasteiger partial charge < -0.3 is 20.1 Å². The molecule has 1 aliphatic heterocycles. The summed E-state index contributed by atoms with van der Waals surface area (Å²) >= 11 is 0. The second-order valence-electron chi connectivity index (χ2n) is 5.58. The SMILES string of the molecule is OCCOc1cncc(N2CCC[C@@H](Nc3ccccc3)C2)n1. The van der Waals surface area contributed by atoms with E-state index in [1.54, 1.807) is 12.4 Å². The molecule has 122 valence electrons. The topological polar surface area (TPSA) is 70.5 Å². The summed E-state index contributed by atoms with van der Waals surface area (Å²) in [6.07, 6.45) is 5.58. The maximum atomic E-state index is 8.83. The molecule has 3 rings (SSSR count). The second-order valence-corrected chi connectivity index (χ2v) is 5.58. The molecule has 0 bridgehead atoms. The molecule has 6 nitrogen and oxygen atoms in total. The Morgan fingerprint density at radius 1 is 1.26 bits per heavy atom. The minimum absolute atomic E-state index is 0.0291. The highest BCUT2D eigenvalue weighted by molar-refractivity contribution is 5.45. The van der Waals surface area contributed by atoms with Crippen LogP contribution in [0.1, 0.15) is 12.8 Å². The lowest BCUT2D eigenvalue weighted by molar-refractivity contribution is 0.196. The highest BCUT2D eigenvalue weighted by Crippen LogP contribution is 2.21. The zero-order valence-electron chi connectivity index (χ0n) is 13.1. The smallest absolute Gasteiger partial charge is 0.234 e. The number of aromatic nitrogens is 2. The Hall–Kier alpha value is -2.34. The number of hydrogen-bond acceptors (Lipinski definition) is 6. The predicted octanol–water partition coefficient (Wildman–Crippen LogP) is 1.93. The number of para-hydroxylation sites is 1. The summed E-state index contributed by atoms with van der Waals surface area (Å²) in [5.74, 6) is 1.27. The van der Waals surface area contributed by atoms with Crippen molar-refractivity contribution in [3.05, 3.63) is 42.7 Å². The molecule has 2 N–H and O–H groups in total. The van der Waals surface area contributed by atoms with E-state index in [-0.39, 0.29) is 13.2 Å². The molecule has 0 amide bonds. The van der Waals surface area contributed by atoms with Gasteiger partial charge in [0.25, 0.3) is 0 Å². The largest absolute Gasteiger partial charge is 0.474 e. The monoisotopic (exact) mass is 314 g/mol. The molecule has 2 aromatic rings. The van der Waals surface area contributed by atoms with Crippen molar-refractivity contribution in [1.82, 2.24) is 9.97 Å². The van der Waals surface area contributed by atoms with Crippen molar-refractivity contribution >= 4 is 11.5 Å². The summed E-state index contributed by atoms with van der Waals surface area (Å²) in [5.41, 5.74) is 1.14. The first kappa shape index (κ1) is 15.6. The lowest BCUT2D eigenvalue weighted by atomic mass is 10.1. The minimum atomic E-state index is -0.0291. The molecule has 0 radical (unpaired) electrons. The summed E-state index contributed by atoms with van der Waals surface area (Å²) < 4.78 is 5.34. The Balaban J connectivity index is 1.64. The quantitative estimate of drug-likeness (QED) is 0.849. The number of ether oxygens (including phenoxy) is 1. The third kappa shape index (κ3) is 4.32. The number of rotatable bonds is 6. The van der Waals surface area contributed by atoms with E-state index in [4.69, 9.17) is 9.84 Å². The van der Waals surface area contributed by atoms with Gasteiger partial charge in [-0.05, 0) is 25.0 Å². The van der Waals surface area contributed by atoms with Gasteiger partial charge in [0.1, 0.15) is 6.61 Å². The molecule has 2 heterocycles. The van der Waals surface area contributed by atoms with Crippen LogP contribution in [0.3, 0.4) is 0 Å². The van der Waals surface area contributed by atoms with Crippen molar-refractivity contribution in [2.45, 2.75) is 18.9 Å². The number of anilines is 2. The molecule has 0 unspecified atom stereocenters. The first-order valence-corrected chi connectivity index (χ1v) is 7.97. The maximum absolute atomic E-state index is 8.83. The lowest BCUT2D eigenvalue weighted by Crippen LogP contribution is -2.42. The van der Waals surface area contributed by atoms with Crippen LogP contribution in [0.2, 0.25) is 0 Å². The van der Waals surface area contributed by atoms with Crippen LogP contribution in [0.5, 0.6) is 5.88 Å². The van der Waals surface area contributed by atoms with Gasteiger partial charge in [-0.15, -0.1) is 0 Å². The molecule has 0 aliphatic carbocycles. The summed E-state index contributed by atoms with van der Waals surface area (Å²) in [4.78, 5) is 10.9. The van der Waals surface area contributed by atoms with E-state index in [0.29, 0.717) is 11.9 Å². The molecule has 1 saturated heterocycles. The van der Waals surface area contributed by atoms with Crippen LogP contribution in [0.15, 0.2) is 42.7 Å². The van der Waals surface area contributed by atoms with Crippen molar-refractivity contribution in [1.29, 1.82) is 0 Å². The molecular weight excluding hydrogens is 292 g/mol. The molecule has 1 aromatic heterocycles. The predicted molar refractivity (Wildman–Crippen MR) is 89.9 cm³/mol. The van der Waals surface area contributed by atoms with Gasteiger partial charge in [0.15, 0.2) is 5.82 Å². The van der Waals surface area contributed by atoms with E-state index in [9.17, 15) is 0 Å². The third-order valence-corrected chi connectivity index (χ3v) is 3.83. The Labute approximate surface area is 136 Å². The Morgan fingerprint density at radius 2 is 2.13 bits per heavy atom. The number of benzene rings is 1. The summed E-state index contributed by atoms with van der Waals surface area (Å²) in [6.45, 7) is 2.05. The first-order valence-electron chi connectivity index (χ1n) is 7.97. The minimum Gasteiger partial charge on any atom is -0.474 e. The number of piperidine rings is 1. The molecule has 0 saturated carbocycles. The average molecular weight is 314 g/mol. The Kier molecular flexibility index (Phi) is 5.26. The van der Waals surface area contributed by atoms with Crippen LogP contribution in [-0.2, 0) is 0 Å². The van der Waals surface area contributed by atoms with Crippen molar-refractivity contribution in [3.63, 3.8) is 0 Å². The average Bonchev–Trinajstić information content (AvgIpc) is 2.61. The Bertz CT molecular complexity index is 609. The highest BCUT2D eigenvalue weighted by Gasteiger charge is 2.21. The summed E-state index contributed by atoms with van der Waals surface area (Å²) in [7, 11) is 0. The normalized spacial score (nSPS) is 17.8. The van der Waals surface area contributed by atoms with Crippen LogP contribution < -0.4 is 15.0 Å². The standard InChI is InChI=1S/C17H22N4O2/c22-9-10-23-17-12-18-11-16(20-17)21-8-4-7-15(13-21)19-14-5-2-1-3-6-14/h1-3,5-6,11-12,15,19,22H,4,7-10,13H2/t15-/m1/s1. The summed E-state index contributed by atoms with van der Waals surface area (Å²) in [6, 6.07) is 10.7. The fourth-order valence-corrected chi connectivity index (χ4v) is 2.78. The first-order chi connectivity index (χ1) is 11.3. The molecule has 23 heavy (non-hydrogen) atoms. The molecule has 1 aliphatic rings. The van der Waals surface area contributed by atoms with Crippen molar-refractivity contribution in [2.24, 2.45) is 0 Å². The molecule has 1 fully saturated rings. The zero-order chi connectivity index (χ0) is 15.9. The third-order valence-electron chi connectivity index (χ3n) is 3.83. The van der Waals surface area contributed by atoms with Crippen LogP contribution in [0, 0.1) is 0 Å². The fourth-order valence-electron chi connectivity index (χ4n) is 2.78. The van der Waals surface area contributed by atoms with E-state index in [1.165, 1.54) is 0 Å². The van der Waals surface area contributed by atoms with Gasteiger partial charge in [-0.3, -0.25) is 4.98 Å². The molecule has 1 aromatic carbocycles. The van der Waals surface area contributed by atoms with Crippen LogP contribution in [0.4, 0.5) is 11.5 Å². The molecular formula is C17H22N4O2. The summed E-state index contributed by atoms with van der Waals surface area (Å²) in [5, 5.41) is 12.4. The van der Waals surface area contributed by atoms with Gasteiger partial charge in [-0.2, -0.15) is 4.98 Å². The zero-order valence-corrected chi connectivity index (χ0v) is 13.1. The number of aliphatic hydroxyl groups excluding tert-OH is 1. The van der Waals surface area contributed by atoms with Crippen molar-refractivity contribution in [3.8, 4) is 5.88 Å². The van der Waals surface area contributed by atoms with Crippen molar-refractivity contribution in [2.75, 3.05) is 36.5 Å². The molecule has 1 atom stereocenters. The van der Waals surface area contributed by atoms with Gasteiger partial charge in [-0.1, -0.05) is 18.2 Å². The Morgan fingerprint density at radius 3 is 2.96 bits per heavy atom. The van der Waals surface area contributed by atoms with Crippen molar-refractivity contribution < 1.29 is 9.84 Å². The number of nitrogens with zero attached hydrogens (tertiary/aromatic N) is 3. The number of nitrogens with one attached hydrogen (secondary N) is 1. The van der Waals surface area contributed by atoms with E-state index < -0.39 is 0 Å². The van der Waals surface area contributed by atoms with Gasteiger partial charge in [0, 0.05) is 24.8 Å². The van der Waals surface area contributed by atoms with Gasteiger partial charge >= 0.3 is 0 Å². The van der Waals surface area contributed by atoms with E-state index >= 15 is 0 Å². The molecule has 0 spiro atoms. The van der Waals surface area contributed by atoms with Gasteiger partial charge in [0.2, 0.25) is 5.88 Å². The number of hydrogen-bond donors (Lipinski definition) is 2. The van der Waals surface area contributed by atoms with E-state index in [0.717, 1.165) is 37.4 Å².